The third-order valence-electron chi connectivity index (χ3n) is 3.87. The first-order valence-electron chi connectivity index (χ1n) is 6.45. The second-order valence-electron chi connectivity index (χ2n) is 5.03. The zero-order valence-corrected chi connectivity index (χ0v) is 10.3. The Hall–Kier alpha value is -1.35. The minimum atomic E-state index is 0.713. The van der Waals surface area contributed by atoms with Crippen molar-refractivity contribution in [3.8, 4) is 0 Å². The van der Waals surface area contributed by atoms with Crippen molar-refractivity contribution in [3.63, 3.8) is 0 Å². The summed E-state index contributed by atoms with van der Waals surface area (Å²) in [6, 6.07) is 6.55. The van der Waals surface area contributed by atoms with Crippen LogP contribution in [0.3, 0.4) is 0 Å². The molecule has 1 aromatic heterocycles. The van der Waals surface area contributed by atoms with Gasteiger partial charge in [0.05, 0.1) is 5.52 Å². The maximum Gasteiger partial charge on any atom is 0.0926 e. The van der Waals surface area contributed by atoms with Crippen LogP contribution in [0.2, 0.25) is 0 Å². The molecule has 0 unspecified atom stereocenters. The van der Waals surface area contributed by atoms with Gasteiger partial charge in [-0.15, -0.1) is 0 Å². The van der Waals surface area contributed by atoms with Gasteiger partial charge in [-0.05, 0) is 43.5 Å². The van der Waals surface area contributed by atoms with Gasteiger partial charge in [-0.2, -0.15) is 5.10 Å². The molecule has 0 aliphatic heterocycles. The van der Waals surface area contributed by atoms with Crippen LogP contribution in [0.4, 0.5) is 0 Å². The van der Waals surface area contributed by atoms with E-state index in [0.29, 0.717) is 6.54 Å². The first kappa shape index (κ1) is 10.8. The van der Waals surface area contributed by atoms with E-state index >= 15 is 0 Å². The number of aromatic nitrogens is 2. The molecule has 0 saturated heterocycles. The van der Waals surface area contributed by atoms with Crippen molar-refractivity contribution in [1.82, 2.24) is 9.78 Å². The Morgan fingerprint density at radius 1 is 1.41 bits per heavy atom. The lowest BCUT2D eigenvalue weighted by Gasteiger charge is -2.25. The maximum absolute atomic E-state index is 5.62. The normalized spacial score (nSPS) is 16.4. The third kappa shape index (κ3) is 1.75. The summed E-state index contributed by atoms with van der Waals surface area (Å²) in [7, 11) is 2.07. The number of fused-ring (bicyclic) bond motifs is 1. The van der Waals surface area contributed by atoms with E-state index in [1.165, 1.54) is 35.9 Å². The molecule has 2 aromatic rings. The van der Waals surface area contributed by atoms with E-state index in [0.717, 1.165) is 17.9 Å². The van der Waals surface area contributed by atoms with Gasteiger partial charge in [-0.3, -0.25) is 4.68 Å². The summed E-state index contributed by atoms with van der Waals surface area (Å²) in [6.45, 7) is 0.713. The van der Waals surface area contributed by atoms with E-state index in [-0.39, 0.29) is 0 Å². The summed E-state index contributed by atoms with van der Waals surface area (Å²) in [6.07, 6.45) is 4.94. The highest BCUT2D eigenvalue weighted by molar-refractivity contribution is 5.83. The summed E-state index contributed by atoms with van der Waals surface area (Å²) < 4.78 is 2.07. The van der Waals surface area contributed by atoms with E-state index in [4.69, 9.17) is 5.73 Å². The summed E-state index contributed by atoms with van der Waals surface area (Å²) in [5.41, 5.74) is 9.49. The molecule has 1 aromatic carbocycles. The van der Waals surface area contributed by atoms with Gasteiger partial charge in [0.25, 0.3) is 0 Å². The number of nitrogens with zero attached hydrogens (tertiary/aromatic N) is 2. The van der Waals surface area contributed by atoms with Crippen molar-refractivity contribution in [2.24, 2.45) is 12.8 Å². The van der Waals surface area contributed by atoms with Crippen LogP contribution in [-0.2, 0) is 13.5 Å². The Morgan fingerprint density at radius 2 is 2.24 bits per heavy atom. The molecule has 1 heterocycles. The highest BCUT2D eigenvalue weighted by atomic mass is 15.3. The molecule has 17 heavy (non-hydrogen) atoms. The lowest BCUT2D eigenvalue weighted by Crippen LogP contribution is -2.13. The fourth-order valence-corrected chi connectivity index (χ4v) is 2.75. The SMILES string of the molecule is Cn1nc2ccc(CCN)cc2c1C1CCC1. The van der Waals surface area contributed by atoms with Crippen LogP contribution in [0.1, 0.15) is 36.4 Å². The van der Waals surface area contributed by atoms with Crippen molar-refractivity contribution in [2.75, 3.05) is 6.54 Å². The van der Waals surface area contributed by atoms with Crippen molar-refractivity contribution < 1.29 is 0 Å². The number of benzene rings is 1. The lowest BCUT2D eigenvalue weighted by molar-refractivity contribution is 0.399. The Labute approximate surface area is 102 Å². The Bertz CT molecular complexity index is 538. The standard InChI is InChI=1S/C14H19N3/c1-17-14(11-3-2-4-11)12-9-10(7-8-15)5-6-13(12)16-17/h5-6,9,11H,2-4,7-8,15H2,1H3. The van der Waals surface area contributed by atoms with E-state index in [1.807, 2.05) is 0 Å². The third-order valence-corrected chi connectivity index (χ3v) is 3.87. The molecule has 0 spiro atoms. The zero-order chi connectivity index (χ0) is 11.8. The van der Waals surface area contributed by atoms with Crippen LogP contribution in [0.25, 0.3) is 10.9 Å². The highest BCUT2D eigenvalue weighted by Crippen LogP contribution is 2.39. The van der Waals surface area contributed by atoms with Crippen LogP contribution >= 0.6 is 0 Å². The van der Waals surface area contributed by atoms with Gasteiger partial charge < -0.3 is 5.73 Å². The van der Waals surface area contributed by atoms with Gasteiger partial charge in [-0.25, -0.2) is 0 Å². The number of nitrogens with two attached hydrogens (primary N) is 1. The fourth-order valence-electron chi connectivity index (χ4n) is 2.75. The predicted octanol–water partition coefficient (Wildman–Crippen LogP) is 2.34. The Morgan fingerprint density at radius 3 is 2.88 bits per heavy atom. The van der Waals surface area contributed by atoms with Gasteiger partial charge >= 0.3 is 0 Å². The minimum absolute atomic E-state index is 0.713. The summed E-state index contributed by atoms with van der Waals surface area (Å²) in [5, 5.41) is 5.94. The number of hydrogen-bond acceptors (Lipinski definition) is 2. The van der Waals surface area contributed by atoms with Crippen molar-refractivity contribution in [1.29, 1.82) is 0 Å². The molecule has 0 radical (unpaired) electrons. The zero-order valence-electron chi connectivity index (χ0n) is 10.3. The molecule has 3 rings (SSSR count). The molecule has 0 amide bonds. The molecular weight excluding hydrogens is 210 g/mol. The van der Waals surface area contributed by atoms with E-state index in [9.17, 15) is 0 Å². The Balaban J connectivity index is 2.11. The second-order valence-corrected chi connectivity index (χ2v) is 5.03. The molecule has 1 aliphatic carbocycles. The first-order valence-corrected chi connectivity index (χ1v) is 6.45. The summed E-state index contributed by atoms with van der Waals surface area (Å²) >= 11 is 0. The van der Waals surface area contributed by atoms with Gasteiger partial charge in [0.15, 0.2) is 0 Å². The smallest absolute Gasteiger partial charge is 0.0926 e. The molecule has 1 fully saturated rings. The number of hydrogen-bond donors (Lipinski definition) is 1. The first-order chi connectivity index (χ1) is 8.29. The van der Waals surface area contributed by atoms with Gasteiger partial charge in [0.1, 0.15) is 0 Å². The summed E-state index contributed by atoms with van der Waals surface area (Å²) in [5.74, 6) is 0.720. The molecule has 1 aliphatic rings. The molecule has 2 N–H and O–H groups in total. The Kier molecular flexibility index (Phi) is 2.63. The number of aryl methyl sites for hydroxylation is 1. The maximum atomic E-state index is 5.62. The van der Waals surface area contributed by atoms with Gasteiger partial charge in [0.2, 0.25) is 0 Å². The van der Waals surface area contributed by atoms with Gasteiger partial charge in [0, 0.05) is 24.0 Å². The van der Waals surface area contributed by atoms with E-state index in [1.54, 1.807) is 0 Å². The molecule has 0 atom stereocenters. The minimum Gasteiger partial charge on any atom is -0.330 e. The highest BCUT2D eigenvalue weighted by Gasteiger charge is 2.25. The van der Waals surface area contributed by atoms with Crippen LogP contribution in [0.15, 0.2) is 18.2 Å². The predicted molar refractivity (Wildman–Crippen MR) is 70.1 cm³/mol. The average Bonchev–Trinajstić information content (AvgIpc) is 2.54. The van der Waals surface area contributed by atoms with Crippen LogP contribution in [0.5, 0.6) is 0 Å². The van der Waals surface area contributed by atoms with Crippen molar-refractivity contribution >= 4 is 10.9 Å². The van der Waals surface area contributed by atoms with Crippen LogP contribution in [0, 0.1) is 0 Å². The van der Waals surface area contributed by atoms with Crippen LogP contribution < -0.4 is 5.73 Å². The second kappa shape index (κ2) is 4.15. The molecule has 3 heteroatoms. The van der Waals surface area contributed by atoms with E-state index in [2.05, 4.69) is 35.0 Å². The molecule has 3 nitrogen and oxygen atoms in total. The monoisotopic (exact) mass is 229 g/mol. The van der Waals surface area contributed by atoms with Gasteiger partial charge in [-0.1, -0.05) is 12.5 Å². The van der Waals surface area contributed by atoms with Crippen LogP contribution in [-0.4, -0.2) is 16.3 Å². The quantitative estimate of drug-likeness (QED) is 0.878. The molecule has 1 saturated carbocycles. The average molecular weight is 229 g/mol. The van der Waals surface area contributed by atoms with Crippen molar-refractivity contribution in [3.05, 3.63) is 29.5 Å². The molecule has 0 bridgehead atoms. The largest absolute Gasteiger partial charge is 0.330 e. The summed E-state index contributed by atoms with van der Waals surface area (Å²) in [4.78, 5) is 0. The number of rotatable bonds is 3. The topological polar surface area (TPSA) is 43.8 Å². The molecule has 90 valence electrons. The molecular formula is C14H19N3. The van der Waals surface area contributed by atoms with E-state index < -0.39 is 0 Å². The van der Waals surface area contributed by atoms with Crippen molar-refractivity contribution in [2.45, 2.75) is 31.6 Å². The fraction of sp³-hybridized carbons (Fsp3) is 0.500. The lowest BCUT2D eigenvalue weighted by atomic mass is 9.81.